The third-order valence-corrected chi connectivity index (χ3v) is 7.16. The molecule has 3 aliphatic heterocycles. The van der Waals surface area contributed by atoms with Crippen LogP contribution >= 0.6 is 11.3 Å². The molecule has 7 nitrogen and oxygen atoms in total. The zero-order valence-electron chi connectivity index (χ0n) is 15.5. The van der Waals surface area contributed by atoms with Gasteiger partial charge in [-0.2, -0.15) is 0 Å². The Labute approximate surface area is 162 Å². The first-order valence-electron chi connectivity index (χ1n) is 9.58. The van der Waals surface area contributed by atoms with Gasteiger partial charge >= 0.3 is 6.09 Å². The normalized spacial score (nSPS) is 29.3. The van der Waals surface area contributed by atoms with Crippen molar-refractivity contribution < 1.29 is 19.1 Å². The first kappa shape index (κ1) is 18.3. The monoisotopic (exact) mass is 391 g/mol. The smallest absolute Gasteiger partial charge is 0.410 e. The zero-order valence-corrected chi connectivity index (χ0v) is 16.3. The lowest BCUT2D eigenvalue weighted by Gasteiger charge is -2.35. The Morgan fingerprint density at radius 2 is 2.26 bits per heavy atom. The van der Waals surface area contributed by atoms with Gasteiger partial charge in [0.15, 0.2) is 0 Å². The lowest BCUT2D eigenvalue weighted by atomic mass is 9.71. The molecular formula is C19H25N3O4S. The summed E-state index contributed by atoms with van der Waals surface area (Å²) in [6.45, 7) is 3.40. The van der Waals surface area contributed by atoms with Crippen LogP contribution in [0.2, 0.25) is 0 Å². The molecular weight excluding hydrogens is 366 g/mol. The first-order valence-corrected chi connectivity index (χ1v) is 10.5. The average molecular weight is 391 g/mol. The van der Waals surface area contributed by atoms with Gasteiger partial charge in [0.05, 0.1) is 18.5 Å². The van der Waals surface area contributed by atoms with Crippen LogP contribution in [0.1, 0.15) is 37.5 Å². The molecule has 1 aromatic heterocycles. The molecule has 1 aromatic rings. The molecule has 4 rings (SSSR count). The van der Waals surface area contributed by atoms with Gasteiger partial charge in [-0.15, -0.1) is 11.3 Å². The van der Waals surface area contributed by atoms with Crippen molar-refractivity contribution in [2.24, 2.45) is 5.41 Å². The minimum absolute atomic E-state index is 0.0441. The number of nitrogens with zero attached hydrogens (tertiary/aromatic N) is 2. The van der Waals surface area contributed by atoms with E-state index in [1.165, 1.54) is 4.90 Å². The molecule has 8 heteroatoms. The summed E-state index contributed by atoms with van der Waals surface area (Å²) in [4.78, 5) is 42.2. The second kappa shape index (κ2) is 7.14. The number of carbonyl (C=O) groups is 3. The lowest BCUT2D eigenvalue weighted by Crippen LogP contribution is -2.50. The molecule has 0 radical (unpaired) electrons. The van der Waals surface area contributed by atoms with Crippen LogP contribution < -0.4 is 5.32 Å². The van der Waals surface area contributed by atoms with E-state index in [1.54, 1.807) is 11.3 Å². The fourth-order valence-corrected chi connectivity index (χ4v) is 5.56. The summed E-state index contributed by atoms with van der Waals surface area (Å²) in [6, 6.07) is 3.99. The van der Waals surface area contributed by atoms with Crippen molar-refractivity contribution in [1.82, 2.24) is 15.1 Å². The lowest BCUT2D eigenvalue weighted by molar-refractivity contribution is -0.137. The number of nitrogens with one attached hydrogen (secondary N) is 1. The average Bonchev–Trinajstić information content (AvgIpc) is 3.44. The van der Waals surface area contributed by atoms with Crippen molar-refractivity contribution in [2.75, 3.05) is 19.7 Å². The number of carbonyl (C=O) groups excluding carboxylic acids is 3. The van der Waals surface area contributed by atoms with Gasteiger partial charge in [0.25, 0.3) is 0 Å². The van der Waals surface area contributed by atoms with Gasteiger partial charge in [-0.05, 0) is 37.1 Å². The van der Waals surface area contributed by atoms with Crippen molar-refractivity contribution in [2.45, 2.75) is 51.2 Å². The molecule has 146 valence electrons. The molecule has 0 saturated carbocycles. The number of hydrogen-bond donors (Lipinski definition) is 1. The summed E-state index contributed by atoms with van der Waals surface area (Å²) >= 11 is 1.62. The highest BCUT2D eigenvalue weighted by atomic mass is 32.1. The van der Waals surface area contributed by atoms with E-state index in [1.807, 2.05) is 29.3 Å². The Hall–Kier alpha value is -2.09. The summed E-state index contributed by atoms with van der Waals surface area (Å²) in [5.74, 6) is -0.0216. The predicted molar refractivity (Wildman–Crippen MR) is 100 cm³/mol. The molecule has 3 saturated heterocycles. The van der Waals surface area contributed by atoms with Crippen LogP contribution in [0.15, 0.2) is 17.5 Å². The van der Waals surface area contributed by atoms with Crippen molar-refractivity contribution in [3.05, 3.63) is 22.4 Å². The van der Waals surface area contributed by atoms with Gasteiger partial charge in [-0.1, -0.05) is 13.0 Å². The van der Waals surface area contributed by atoms with E-state index in [4.69, 9.17) is 4.74 Å². The topological polar surface area (TPSA) is 79.0 Å². The van der Waals surface area contributed by atoms with Crippen molar-refractivity contribution in [3.63, 3.8) is 0 Å². The zero-order chi connectivity index (χ0) is 19.0. The Balaban J connectivity index is 1.46. The van der Waals surface area contributed by atoms with Gasteiger partial charge < -0.3 is 15.0 Å². The molecule has 0 aliphatic carbocycles. The van der Waals surface area contributed by atoms with Gasteiger partial charge in [0, 0.05) is 17.0 Å². The van der Waals surface area contributed by atoms with Crippen LogP contribution in [0, 0.1) is 5.41 Å². The summed E-state index contributed by atoms with van der Waals surface area (Å²) in [5, 5.41) is 5.09. The third kappa shape index (κ3) is 3.09. The third-order valence-electron chi connectivity index (χ3n) is 6.29. The Morgan fingerprint density at radius 1 is 1.41 bits per heavy atom. The van der Waals surface area contributed by atoms with E-state index in [-0.39, 0.29) is 30.4 Å². The first-order chi connectivity index (χ1) is 13.0. The SMILES string of the molecule is CC[C@@]1(C(=O)NCc2cccs2)C[C@@H]2CC[C@H]1N2C(=O)CN1CCOC1=O. The summed E-state index contributed by atoms with van der Waals surface area (Å²) in [7, 11) is 0. The van der Waals surface area contributed by atoms with E-state index >= 15 is 0 Å². The van der Waals surface area contributed by atoms with Crippen molar-refractivity contribution in [1.29, 1.82) is 0 Å². The molecule has 1 N–H and O–H groups in total. The largest absolute Gasteiger partial charge is 0.448 e. The number of rotatable bonds is 6. The summed E-state index contributed by atoms with van der Waals surface area (Å²) in [5.41, 5.74) is -0.526. The minimum atomic E-state index is -0.526. The van der Waals surface area contributed by atoms with E-state index in [2.05, 4.69) is 5.32 Å². The molecule has 3 aliphatic rings. The van der Waals surface area contributed by atoms with E-state index in [9.17, 15) is 14.4 Å². The highest BCUT2D eigenvalue weighted by Gasteiger charge is 2.60. The van der Waals surface area contributed by atoms with Crippen LogP contribution in [0.3, 0.4) is 0 Å². The number of fused-ring (bicyclic) bond motifs is 2. The Bertz CT molecular complexity index is 737. The number of thiophene rings is 1. The number of ether oxygens (including phenoxy) is 1. The van der Waals surface area contributed by atoms with Gasteiger partial charge in [-0.3, -0.25) is 14.5 Å². The number of cyclic esters (lactones) is 1. The highest BCUT2D eigenvalue weighted by Crippen LogP contribution is 2.52. The molecule has 3 atom stereocenters. The second-order valence-electron chi connectivity index (χ2n) is 7.56. The van der Waals surface area contributed by atoms with E-state index in [0.29, 0.717) is 32.5 Å². The minimum Gasteiger partial charge on any atom is -0.448 e. The maximum atomic E-state index is 13.1. The number of hydrogen-bond acceptors (Lipinski definition) is 5. The van der Waals surface area contributed by atoms with E-state index in [0.717, 1.165) is 17.7 Å². The molecule has 27 heavy (non-hydrogen) atoms. The van der Waals surface area contributed by atoms with Crippen LogP contribution in [0.5, 0.6) is 0 Å². The van der Waals surface area contributed by atoms with Gasteiger partial charge in [-0.25, -0.2) is 4.79 Å². The van der Waals surface area contributed by atoms with Crippen molar-refractivity contribution >= 4 is 29.2 Å². The molecule has 0 aromatic carbocycles. The van der Waals surface area contributed by atoms with Crippen molar-refractivity contribution in [3.8, 4) is 0 Å². The molecule has 0 spiro atoms. The summed E-state index contributed by atoms with van der Waals surface area (Å²) in [6.07, 6.45) is 2.77. The van der Waals surface area contributed by atoms with Crippen LogP contribution in [0.25, 0.3) is 0 Å². The summed E-state index contributed by atoms with van der Waals surface area (Å²) < 4.78 is 4.92. The molecule has 0 unspecified atom stereocenters. The fraction of sp³-hybridized carbons (Fsp3) is 0.632. The molecule has 4 heterocycles. The molecule has 3 fully saturated rings. The van der Waals surface area contributed by atoms with Gasteiger partial charge in [0.2, 0.25) is 11.8 Å². The number of amides is 3. The van der Waals surface area contributed by atoms with E-state index < -0.39 is 11.5 Å². The maximum Gasteiger partial charge on any atom is 0.410 e. The highest BCUT2D eigenvalue weighted by molar-refractivity contribution is 7.09. The van der Waals surface area contributed by atoms with Gasteiger partial charge in [0.1, 0.15) is 13.2 Å². The fourth-order valence-electron chi connectivity index (χ4n) is 4.92. The second-order valence-corrected chi connectivity index (χ2v) is 8.59. The van der Waals surface area contributed by atoms with Crippen LogP contribution in [0.4, 0.5) is 4.79 Å². The molecule has 3 amide bonds. The Morgan fingerprint density at radius 3 is 2.93 bits per heavy atom. The predicted octanol–water partition coefficient (Wildman–Crippen LogP) is 1.98. The standard InChI is InChI=1S/C19H25N3O4S/c1-2-19(17(24)20-11-14-4-3-9-27-14)10-13-5-6-15(19)22(13)16(23)12-21-7-8-26-18(21)25/h3-4,9,13,15H,2,5-8,10-12H2,1H3,(H,20,24)/t13-,15+,19+/m0/s1. The quantitative estimate of drug-likeness (QED) is 0.804. The maximum absolute atomic E-state index is 13.1. The van der Waals surface area contributed by atoms with Crippen LogP contribution in [-0.2, 0) is 20.9 Å². The molecule has 2 bridgehead atoms. The Kier molecular flexibility index (Phi) is 4.84. The van der Waals surface area contributed by atoms with Crippen LogP contribution in [-0.4, -0.2) is 59.5 Å².